The summed E-state index contributed by atoms with van der Waals surface area (Å²) in [6.45, 7) is 1.74. The van der Waals surface area contributed by atoms with Gasteiger partial charge >= 0.3 is 0 Å². The third-order valence-electron chi connectivity index (χ3n) is 5.11. The van der Waals surface area contributed by atoms with Crippen LogP contribution in [0.1, 0.15) is 28.2 Å². The molecule has 0 spiro atoms. The van der Waals surface area contributed by atoms with Crippen molar-refractivity contribution < 1.29 is 9.59 Å². The second-order valence-electron chi connectivity index (χ2n) is 7.18. The number of hydrogen-bond acceptors (Lipinski definition) is 4. The Hall–Kier alpha value is -2.78. The van der Waals surface area contributed by atoms with Crippen molar-refractivity contribution in [1.82, 2.24) is 15.1 Å². The Labute approximate surface area is 195 Å². The van der Waals surface area contributed by atoms with Gasteiger partial charge in [0.25, 0.3) is 5.91 Å². The number of fused-ring (bicyclic) bond motifs is 1. The van der Waals surface area contributed by atoms with E-state index in [9.17, 15) is 14.4 Å². The number of aromatic nitrogens is 2. The van der Waals surface area contributed by atoms with Crippen LogP contribution in [-0.2, 0) is 11.2 Å². The van der Waals surface area contributed by atoms with Gasteiger partial charge in [-0.1, -0.05) is 34.1 Å². The summed E-state index contributed by atoms with van der Waals surface area (Å²) in [4.78, 5) is 38.4. The van der Waals surface area contributed by atoms with Gasteiger partial charge in [0, 0.05) is 10.2 Å². The summed E-state index contributed by atoms with van der Waals surface area (Å²) in [5.41, 5.74) is 2.17. The highest BCUT2D eigenvalue weighted by Gasteiger charge is 2.28. The molecule has 0 saturated carbocycles. The number of para-hydroxylation sites is 1. The largest absolute Gasteiger partial charge is 0.339 e. The molecule has 1 aliphatic heterocycles. The Kier molecular flexibility index (Phi) is 6.06. The number of amides is 2. The first-order chi connectivity index (χ1) is 14.8. The SMILES string of the molecule is Cc1c(Br)c(=O)c(C(=O)NC2CCc3cc(Br)ccc3NC2=O)nn1-c1ccccc1. The number of nitrogens with one attached hydrogen (secondary N) is 2. The lowest BCUT2D eigenvalue weighted by Crippen LogP contribution is -2.45. The second-order valence-corrected chi connectivity index (χ2v) is 8.89. The fourth-order valence-electron chi connectivity index (χ4n) is 3.46. The number of nitrogens with zero attached hydrogens (tertiary/aromatic N) is 2. The zero-order chi connectivity index (χ0) is 22.1. The first-order valence-electron chi connectivity index (χ1n) is 9.60. The number of halogens is 2. The molecule has 0 radical (unpaired) electrons. The maximum atomic E-state index is 13.0. The number of aryl methyl sites for hydroxylation is 1. The number of anilines is 1. The lowest BCUT2D eigenvalue weighted by atomic mass is 10.1. The third-order valence-corrected chi connectivity index (χ3v) is 6.54. The molecule has 1 aliphatic rings. The van der Waals surface area contributed by atoms with Crippen molar-refractivity contribution in [3.63, 3.8) is 0 Å². The van der Waals surface area contributed by atoms with Crippen LogP contribution in [0.15, 0.2) is 62.3 Å². The fraction of sp³-hybridized carbons (Fsp3) is 0.182. The van der Waals surface area contributed by atoms with Crippen LogP contribution in [0, 0.1) is 6.92 Å². The number of benzene rings is 2. The quantitative estimate of drug-likeness (QED) is 0.524. The van der Waals surface area contributed by atoms with Crippen molar-refractivity contribution in [2.45, 2.75) is 25.8 Å². The topological polar surface area (TPSA) is 93.1 Å². The van der Waals surface area contributed by atoms with Gasteiger partial charge in [0.2, 0.25) is 11.3 Å². The van der Waals surface area contributed by atoms with Crippen molar-refractivity contribution in [2.24, 2.45) is 0 Å². The third kappa shape index (κ3) is 4.33. The van der Waals surface area contributed by atoms with Crippen molar-refractivity contribution in [3.05, 3.63) is 84.7 Å². The van der Waals surface area contributed by atoms with Gasteiger partial charge in [0.15, 0.2) is 5.69 Å². The van der Waals surface area contributed by atoms with Crippen LogP contribution in [0.2, 0.25) is 0 Å². The van der Waals surface area contributed by atoms with E-state index in [1.807, 2.05) is 48.5 Å². The summed E-state index contributed by atoms with van der Waals surface area (Å²) in [6.07, 6.45) is 0.999. The summed E-state index contributed by atoms with van der Waals surface area (Å²) < 4.78 is 2.69. The minimum atomic E-state index is -0.787. The molecule has 158 valence electrons. The van der Waals surface area contributed by atoms with Crippen molar-refractivity contribution >= 4 is 49.4 Å². The molecule has 2 heterocycles. The minimum Gasteiger partial charge on any atom is -0.339 e. The molecule has 2 amide bonds. The number of carbonyl (C=O) groups is 2. The summed E-state index contributed by atoms with van der Waals surface area (Å²) in [7, 11) is 0. The minimum absolute atomic E-state index is 0.249. The van der Waals surface area contributed by atoms with Crippen molar-refractivity contribution in [1.29, 1.82) is 0 Å². The Bertz CT molecular complexity index is 1240. The van der Waals surface area contributed by atoms with Gasteiger partial charge in [-0.15, -0.1) is 0 Å². The molecule has 31 heavy (non-hydrogen) atoms. The van der Waals surface area contributed by atoms with E-state index in [0.717, 1.165) is 10.0 Å². The van der Waals surface area contributed by atoms with Gasteiger partial charge in [0.05, 0.1) is 15.9 Å². The Morgan fingerprint density at radius 3 is 2.65 bits per heavy atom. The maximum Gasteiger partial charge on any atom is 0.276 e. The van der Waals surface area contributed by atoms with E-state index in [2.05, 4.69) is 47.6 Å². The standard InChI is InChI=1S/C22H18Br2N4O3/c1-12-18(24)20(29)19(27-28(12)15-5-3-2-4-6-15)22(31)26-17-9-7-13-11-14(23)8-10-16(13)25-21(17)30/h2-6,8,10-11,17H,7,9H2,1H3,(H,25,30)(H,26,31). The summed E-state index contributed by atoms with van der Waals surface area (Å²) in [5.74, 6) is -1.02. The molecule has 4 rings (SSSR count). The highest BCUT2D eigenvalue weighted by Crippen LogP contribution is 2.25. The molecular weight excluding hydrogens is 528 g/mol. The predicted octanol–water partition coefficient (Wildman–Crippen LogP) is 3.75. The average Bonchev–Trinajstić information content (AvgIpc) is 2.91. The Balaban J connectivity index is 1.62. The number of carbonyl (C=O) groups excluding carboxylic acids is 2. The zero-order valence-electron chi connectivity index (χ0n) is 16.5. The molecular formula is C22H18Br2N4O3. The number of rotatable bonds is 3. The number of hydrogen-bond donors (Lipinski definition) is 2. The summed E-state index contributed by atoms with van der Waals surface area (Å²) in [6, 6.07) is 14.0. The molecule has 1 atom stereocenters. The lowest BCUT2D eigenvalue weighted by Gasteiger charge is -2.16. The van der Waals surface area contributed by atoms with Crippen LogP contribution < -0.4 is 16.1 Å². The van der Waals surface area contributed by atoms with Gasteiger partial charge in [-0.25, -0.2) is 4.68 Å². The van der Waals surface area contributed by atoms with Crippen LogP contribution in [0.4, 0.5) is 5.69 Å². The van der Waals surface area contributed by atoms with E-state index in [1.165, 1.54) is 4.68 Å². The maximum absolute atomic E-state index is 13.0. The van der Waals surface area contributed by atoms with Crippen LogP contribution in [0.3, 0.4) is 0 Å². The molecule has 7 nitrogen and oxygen atoms in total. The van der Waals surface area contributed by atoms with Crippen LogP contribution >= 0.6 is 31.9 Å². The Morgan fingerprint density at radius 2 is 1.90 bits per heavy atom. The van der Waals surface area contributed by atoms with Crippen molar-refractivity contribution in [2.75, 3.05) is 5.32 Å². The van der Waals surface area contributed by atoms with E-state index in [0.29, 0.717) is 29.9 Å². The van der Waals surface area contributed by atoms with E-state index in [4.69, 9.17) is 0 Å². The van der Waals surface area contributed by atoms with Gasteiger partial charge in [0.1, 0.15) is 6.04 Å². The highest BCUT2D eigenvalue weighted by atomic mass is 79.9. The van der Waals surface area contributed by atoms with Crippen LogP contribution in [-0.4, -0.2) is 27.6 Å². The second kappa shape index (κ2) is 8.76. The predicted molar refractivity (Wildman–Crippen MR) is 125 cm³/mol. The zero-order valence-corrected chi connectivity index (χ0v) is 19.7. The average molecular weight is 546 g/mol. The van der Waals surface area contributed by atoms with E-state index in [1.54, 1.807) is 6.92 Å². The van der Waals surface area contributed by atoms with Crippen LogP contribution in [0.5, 0.6) is 0 Å². The lowest BCUT2D eigenvalue weighted by molar-refractivity contribution is -0.118. The monoisotopic (exact) mass is 544 g/mol. The van der Waals surface area contributed by atoms with Gasteiger partial charge in [-0.3, -0.25) is 14.4 Å². The van der Waals surface area contributed by atoms with Gasteiger partial charge in [-0.2, -0.15) is 5.10 Å². The van der Waals surface area contributed by atoms with Crippen LogP contribution in [0.25, 0.3) is 5.69 Å². The highest BCUT2D eigenvalue weighted by molar-refractivity contribution is 9.10. The molecule has 3 aromatic rings. The molecule has 1 aromatic heterocycles. The molecule has 0 bridgehead atoms. The summed E-state index contributed by atoms with van der Waals surface area (Å²) in [5, 5.41) is 9.81. The molecule has 2 N–H and O–H groups in total. The summed E-state index contributed by atoms with van der Waals surface area (Å²) >= 11 is 6.72. The molecule has 2 aromatic carbocycles. The van der Waals surface area contributed by atoms with Crippen molar-refractivity contribution in [3.8, 4) is 5.69 Å². The first kappa shape index (κ1) is 21.5. The molecule has 9 heteroatoms. The molecule has 0 aliphatic carbocycles. The molecule has 1 unspecified atom stereocenters. The normalized spacial score (nSPS) is 15.6. The smallest absolute Gasteiger partial charge is 0.276 e. The van der Waals surface area contributed by atoms with Gasteiger partial charge < -0.3 is 10.6 Å². The molecule has 0 saturated heterocycles. The Morgan fingerprint density at radius 1 is 1.16 bits per heavy atom. The fourth-order valence-corrected chi connectivity index (χ4v) is 4.22. The van der Waals surface area contributed by atoms with E-state index < -0.39 is 17.4 Å². The molecule has 0 fully saturated rings. The van der Waals surface area contributed by atoms with Gasteiger partial charge in [-0.05, 0) is 71.6 Å². The van der Waals surface area contributed by atoms with E-state index in [-0.39, 0.29) is 16.1 Å². The van der Waals surface area contributed by atoms with E-state index >= 15 is 0 Å². The first-order valence-corrected chi connectivity index (χ1v) is 11.2.